The van der Waals surface area contributed by atoms with E-state index in [4.69, 9.17) is 0 Å². The molecule has 0 spiro atoms. The van der Waals surface area contributed by atoms with Crippen molar-refractivity contribution in [3.05, 3.63) is 218 Å². The number of hydrogen-bond acceptors (Lipinski definition) is 1. The first-order valence-electron chi connectivity index (χ1n) is 19.1. The zero-order valence-electron chi connectivity index (χ0n) is 31.0. The maximum absolute atomic E-state index is 2.48. The van der Waals surface area contributed by atoms with Crippen LogP contribution in [0.3, 0.4) is 0 Å². The van der Waals surface area contributed by atoms with Crippen molar-refractivity contribution < 1.29 is 0 Å². The van der Waals surface area contributed by atoms with E-state index in [1.54, 1.807) is 0 Å². The predicted octanol–water partition coefficient (Wildman–Crippen LogP) is 14.4. The lowest BCUT2D eigenvalue weighted by molar-refractivity contribution is 0.624. The standard InChI is InChI=1S/C53H40N2/c1-53(2)49-36-42(28-35-47(49)51-48-20-12-13-21-50(48)55(52(51)53)43-18-10-5-11-19-43)41-26-33-46(34-27-41)54(44-29-22-39(23-30-44)37-14-6-3-7-15-37)45-31-24-40(25-32-45)38-16-8-4-9-17-38/h3-36H,1-2H3. The lowest BCUT2D eigenvalue weighted by atomic mass is 9.83. The van der Waals surface area contributed by atoms with Gasteiger partial charge >= 0.3 is 0 Å². The quantitative estimate of drug-likeness (QED) is 0.160. The summed E-state index contributed by atoms with van der Waals surface area (Å²) in [6, 6.07) is 74.7. The molecule has 262 valence electrons. The molecule has 2 nitrogen and oxygen atoms in total. The van der Waals surface area contributed by atoms with Crippen LogP contribution in [0.15, 0.2) is 206 Å². The Kier molecular flexibility index (Phi) is 7.85. The molecule has 0 atom stereocenters. The molecule has 1 heterocycles. The summed E-state index contributed by atoms with van der Waals surface area (Å²) >= 11 is 0. The summed E-state index contributed by atoms with van der Waals surface area (Å²) in [5, 5.41) is 1.30. The maximum atomic E-state index is 2.48. The Bertz CT molecular complexity index is 2700. The van der Waals surface area contributed by atoms with Crippen molar-refractivity contribution in [1.29, 1.82) is 0 Å². The summed E-state index contributed by atoms with van der Waals surface area (Å²) in [5.74, 6) is 0. The molecule has 0 bridgehead atoms. The van der Waals surface area contributed by atoms with E-state index in [-0.39, 0.29) is 5.41 Å². The van der Waals surface area contributed by atoms with Crippen LogP contribution in [-0.4, -0.2) is 4.57 Å². The van der Waals surface area contributed by atoms with E-state index in [1.165, 1.54) is 72.4 Å². The van der Waals surface area contributed by atoms with E-state index >= 15 is 0 Å². The molecule has 2 heteroatoms. The third-order valence-corrected chi connectivity index (χ3v) is 11.4. The van der Waals surface area contributed by atoms with Crippen molar-refractivity contribution in [3.8, 4) is 50.2 Å². The summed E-state index contributed by atoms with van der Waals surface area (Å²) in [4.78, 5) is 2.35. The largest absolute Gasteiger partial charge is 0.312 e. The molecule has 1 aliphatic rings. The van der Waals surface area contributed by atoms with Crippen molar-refractivity contribution in [1.82, 2.24) is 4.57 Å². The number of anilines is 3. The molecule has 9 aromatic rings. The molecule has 0 amide bonds. The highest BCUT2D eigenvalue weighted by atomic mass is 15.1. The number of para-hydroxylation sites is 2. The molecule has 1 aromatic heterocycles. The number of hydrogen-bond donors (Lipinski definition) is 0. The molecular formula is C53H40N2. The van der Waals surface area contributed by atoms with Crippen molar-refractivity contribution >= 4 is 28.0 Å². The van der Waals surface area contributed by atoms with Crippen LogP contribution < -0.4 is 4.90 Å². The first-order chi connectivity index (χ1) is 27.0. The predicted molar refractivity (Wildman–Crippen MR) is 232 cm³/mol. The van der Waals surface area contributed by atoms with Gasteiger partial charge in [0.15, 0.2) is 0 Å². The molecular weight excluding hydrogens is 665 g/mol. The van der Waals surface area contributed by atoms with Crippen molar-refractivity contribution in [2.45, 2.75) is 19.3 Å². The zero-order chi connectivity index (χ0) is 36.9. The first kappa shape index (κ1) is 32.7. The zero-order valence-corrected chi connectivity index (χ0v) is 31.0. The minimum atomic E-state index is -0.190. The average molecular weight is 705 g/mol. The van der Waals surface area contributed by atoms with Gasteiger partial charge in [0.25, 0.3) is 0 Å². The number of nitrogens with zero attached hydrogens (tertiary/aromatic N) is 2. The molecule has 0 fully saturated rings. The minimum absolute atomic E-state index is 0.190. The molecule has 0 aliphatic heterocycles. The second-order valence-corrected chi connectivity index (χ2v) is 15.0. The Hall–Kier alpha value is -6.90. The van der Waals surface area contributed by atoms with Crippen LogP contribution in [0.1, 0.15) is 25.1 Å². The van der Waals surface area contributed by atoms with Crippen LogP contribution in [-0.2, 0) is 5.41 Å². The highest BCUT2D eigenvalue weighted by molar-refractivity contribution is 6.04. The third-order valence-electron chi connectivity index (χ3n) is 11.4. The molecule has 0 saturated heterocycles. The van der Waals surface area contributed by atoms with Crippen LogP contribution >= 0.6 is 0 Å². The second kappa shape index (κ2) is 13.2. The van der Waals surface area contributed by atoms with Gasteiger partial charge in [0, 0.05) is 44.8 Å². The fraction of sp³-hybridized carbons (Fsp3) is 0.0566. The molecule has 0 radical (unpaired) electrons. The topological polar surface area (TPSA) is 8.17 Å². The van der Waals surface area contributed by atoms with Gasteiger partial charge in [-0.3, -0.25) is 0 Å². The molecule has 8 aromatic carbocycles. The Labute approximate surface area is 323 Å². The van der Waals surface area contributed by atoms with E-state index in [1.807, 2.05) is 0 Å². The smallest absolute Gasteiger partial charge is 0.0538 e. The van der Waals surface area contributed by atoms with Crippen LogP contribution in [0.5, 0.6) is 0 Å². The maximum Gasteiger partial charge on any atom is 0.0538 e. The molecule has 0 saturated carbocycles. The van der Waals surface area contributed by atoms with Gasteiger partial charge in [0.1, 0.15) is 0 Å². The first-order valence-corrected chi connectivity index (χ1v) is 19.1. The van der Waals surface area contributed by atoms with E-state index < -0.39 is 0 Å². The molecule has 1 aliphatic carbocycles. The Morgan fingerprint density at radius 3 is 1.35 bits per heavy atom. The van der Waals surface area contributed by atoms with Crippen LogP contribution in [0, 0.1) is 0 Å². The summed E-state index contributed by atoms with van der Waals surface area (Å²) in [6.45, 7) is 4.76. The van der Waals surface area contributed by atoms with E-state index in [0.717, 1.165) is 17.1 Å². The summed E-state index contributed by atoms with van der Waals surface area (Å²) in [6.07, 6.45) is 0. The van der Waals surface area contributed by atoms with Gasteiger partial charge < -0.3 is 9.47 Å². The summed E-state index contributed by atoms with van der Waals surface area (Å²) in [5.41, 5.74) is 18.3. The summed E-state index contributed by atoms with van der Waals surface area (Å²) < 4.78 is 2.48. The van der Waals surface area contributed by atoms with Crippen LogP contribution in [0.2, 0.25) is 0 Å². The summed E-state index contributed by atoms with van der Waals surface area (Å²) in [7, 11) is 0. The van der Waals surface area contributed by atoms with Crippen molar-refractivity contribution in [2.75, 3.05) is 4.90 Å². The minimum Gasteiger partial charge on any atom is -0.312 e. The fourth-order valence-corrected chi connectivity index (χ4v) is 8.65. The van der Waals surface area contributed by atoms with Crippen molar-refractivity contribution in [3.63, 3.8) is 0 Å². The molecule has 0 unspecified atom stereocenters. The lowest BCUT2D eigenvalue weighted by Crippen LogP contribution is -2.20. The van der Waals surface area contributed by atoms with E-state index in [0.29, 0.717) is 0 Å². The normalized spacial score (nSPS) is 12.7. The highest BCUT2D eigenvalue weighted by Crippen LogP contribution is 2.54. The molecule has 10 rings (SSSR count). The van der Waals surface area contributed by atoms with E-state index in [9.17, 15) is 0 Å². The number of benzene rings is 8. The second-order valence-electron chi connectivity index (χ2n) is 15.0. The van der Waals surface area contributed by atoms with Crippen molar-refractivity contribution in [2.24, 2.45) is 0 Å². The number of aromatic nitrogens is 1. The Morgan fingerprint density at radius 1 is 0.400 bits per heavy atom. The highest BCUT2D eigenvalue weighted by Gasteiger charge is 2.41. The Morgan fingerprint density at radius 2 is 0.818 bits per heavy atom. The monoisotopic (exact) mass is 704 g/mol. The van der Waals surface area contributed by atoms with Crippen LogP contribution in [0.25, 0.3) is 61.1 Å². The number of fused-ring (bicyclic) bond motifs is 5. The van der Waals surface area contributed by atoms with E-state index in [2.05, 4.69) is 230 Å². The van der Waals surface area contributed by atoms with Gasteiger partial charge in [0.05, 0.1) is 5.52 Å². The van der Waals surface area contributed by atoms with Gasteiger partial charge in [-0.05, 0) is 105 Å². The van der Waals surface area contributed by atoms with Gasteiger partial charge in [-0.1, -0.05) is 159 Å². The van der Waals surface area contributed by atoms with Crippen LogP contribution in [0.4, 0.5) is 17.1 Å². The average Bonchev–Trinajstić information content (AvgIpc) is 3.72. The SMILES string of the molecule is CC1(C)c2cc(-c3ccc(N(c4ccc(-c5ccccc5)cc4)c4ccc(-c5ccccc5)cc4)cc3)ccc2-c2c1n(-c1ccccc1)c1ccccc21. The lowest BCUT2D eigenvalue weighted by Gasteiger charge is -2.26. The fourth-order valence-electron chi connectivity index (χ4n) is 8.65. The van der Waals surface area contributed by atoms with Gasteiger partial charge in [-0.2, -0.15) is 0 Å². The van der Waals surface area contributed by atoms with Gasteiger partial charge in [-0.25, -0.2) is 0 Å². The molecule has 55 heavy (non-hydrogen) atoms. The third kappa shape index (κ3) is 5.57. The Balaban J connectivity index is 1.03. The van der Waals surface area contributed by atoms with Gasteiger partial charge in [0.2, 0.25) is 0 Å². The molecule has 0 N–H and O–H groups in total. The number of rotatable bonds is 7. The van der Waals surface area contributed by atoms with Gasteiger partial charge in [-0.15, -0.1) is 0 Å².